The summed E-state index contributed by atoms with van der Waals surface area (Å²) in [7, 11) is 0. The average Bonchev–Trinajstić information content (AvgIpc) is 2.37. The molecule has 21 heavy (non-hydrogen) atoms. The van der Waals surface area contributed by atoms with E-state index in [-0.39, 0.29) is 31.1 Å². The molecular weight excluding hydrogens is 278 g/mol. The van der Waals surface area contributed by atoms with E-state index in [0.29, 0.717) is 13.0 Å². The van der Waals surface area contributed by atoms with Crippen LogP contribution in [-0.4, -0.2) is 41.4 Å². The molecule has 3 amide bonds. The van der Waals surface area contributed by atoms with E-state index in [0.717, 1.165) is 12.8 Å². The molecule has 8 nitrogen and oxygen atoms in total. The zero-order valence-corrected chi connectivity index (χ0v) is 12.2. The molecule has 0 aromatic rings. The lowest BCUT2D eigenvalue weighted by Gasteiger charge is -2.13. The predicted octanol–water partition coefficient (Wildman–Crippen LogP) is -0.482. The minimum atomic E-state index is -1.18. The van der Waals surface area contributed by atoms with Gasteiger partial charge in [0, 0.05) is 26.3 Å². The van der Waals surface area contributed by atoms with E-state index in [1.807, 2.05) is 0 Å². The molecule has 0 bridgehead atoms. The average molecular weight is 301 g/mol. The lowest BCUT2D eigenvalue weighted by molar-refractivity contribution is -0.142. The third-order valence-electron chi connectivity index (χ3n) is 2.77. The van der Waals surface area contributed by atoms with Gasteiger partial charge in [-0.05, 0) is 19.3 Å². The fourth-order valence-electron chi connectivity index (χ4n) is 1.66. The van der Waals surface area contributed by atoms with Gasteiger partial charge in [0.15, 0.2) is 0 Å². The van der Waals surface area contributed by atoms with Gasteiger partial charge in [0.05, 0.1) is 0 Å². The van der Waals surface area contributed by atoms with Crippen LogP contribution in [0.1, 0.15) is 45.4 Å². The van der Waals surface area contributed by atoms with Gasteiger partial charge in [-0.2, -0.15) is 0 Å². The summed E-state index contributed by atoms with van der Waals surface area (Å²) in [5.41, 5.74) is 4.95. The van der Waals surface area contributed by atoms with Crippen LogP contribution in [0.25, 0.3) is 0 Å². The molecule has 0 spiro atoms. The minimum absolute atomic E-state index is 0.0149. The highest BCUT2D eigenvalue weighted by molar-refractivity contribution is 5.84. The number of carboxylic acids is 1. The molecule has 0 rings (SSSR count). The van der Waals surface area contributed by atoms with Crippen molar-refractivity contribution >= 4 is 23.7 Å². The molecular formula is C13H23N3O5. The van der Waals surface area contributed by atoms with Crippen LogP contribution in [0.15, 0.2) is 0 Å². The highest BCUT2D eigenvalue weighted by Gasteiger charge is 2.20. The number of nitrogens with two attached hydrogens (primary N) is 1. The van der Waals surface area contributed by atoms with Crippen molar-refractivity contribution in [3.63, 3.8) is 0 Å². The molecule has 0 heterocycles. The van der Waals surface area contributed by atoms with Gasteiger partial charge in [0.25, 0.3) is 0 Å². The maximum Gasteiger partial charge on any atom is 0.326 e. The summed E-state index contributed by atoms with van der Waals surface area (Å²) in [6, 6.07) is -1.09. The molecule has 120 valence electrons. The van der Waals surface area contributed by atoms with E-state index in [2.05, 4.69) is 10.6 Å². The van der Waals surface area contributed by atoms with Gasteiger partial charge in [-0.1, -0.05) is 6.42 Å². The Morgan fingerprint density at radius 2 is 1.76 bits per heavy atom. The molecule has 0 aromatic heterocycles. The molecule has 0 saturated heterocycles. The van der Waals surface area contributed by atoms with Crippen LogP contribution in [0.4, 0.5) is 0 Å². The van der Waals surface area contributed by atoms with Crippen LogP contribution in [0.3, 0.4) is 0 Å². The van der Waals surface area contributed by atoms with Crippen molar-refractivity contribution in [2.24, 2.45) is 5.73 Å². The SMILES string of the molecule is CC(=O)NCCCCCC(=O)N[C@@H](CCC(N)=O)C(=O)O. The summed E-state index contributed by atoms with van der Waals surface area (Å²) in [4.78, 5) is 43.7. The Hall–Kier alpha value is -2.12. The quantitative estimate of drug-likeness (QED) is 0.382. The second kappa shape index (κ2) is 10.6. The fraction of sp³-hybridized carbons (Fsp3) is 0.692. The van der Waals surface area contributed by atoms with Crippen molar-refractivity contribution in [3.05, 3.63) is 0 Å². The molecule has 0 radical (unpaired) electrons. The minimum Gasteiger partial charge on any atom is -0.480 e. The lowest BCUT2D eigenvalue weighted by Crippen LogP contribution is -2.41. The monoisotopic (exact) mass is 301 g/mol. The second-order valence-electron chi connectivity index (χ2n) is 4.76. The van der Waals surface area contributed by atoms with Crippen LogP contribution in [-0.2, 0) is 19.2 Å². The zero-order chi connectivity index (χ0) is 16.3. The van der Waals surface area contributed by atoms with Gasteiger partial charge in [-0.3, -0.25) is 14.4 Å². The maximum absolute atomic E-state index is 11.6. The third kappa shape index (κ3) is 11.4. The second-order valence-corrected chi connectivity index (χ2v) is 4.76. The van der Waals surface area contributed by atoms with Gasteiger partial charge < -0.3 is 21.5 Å². The highest BCUT2D eigenvalue weighted by Crippen LogP contribution is 2.02. The lowest BCUT2D eigenvalue weighted by atomic mass is 10.1. The van der Waals surface area contributed by atoms with Gasteiger partial charge in [-0.25, -0.2) is 4.79 Å². The van der Waals surface area contributed by atoms with Crippen molar-refractivity contribution in [1.82, 2.24) is 10.6 Å². The molecule has 1 atom stereocenters. The number of carbonyl (C=O) groups excluding carboxylic acids is 3. The van der Waals surface area contributed by atoms with Gasteiger partial charge in [-0.15, -0.1) is 0 Å². The van der Waals surface area contributed by atoms with Crippen molar-refractivity contribution in [2.75, 3.05) is 6.54 Å². The number of primary amides is 1. The molecule has 0 aliphatic carbocycles. The maximum atomic E-state index is 11.6. The summed E-state index contributed by atoms with van der Waals surface area (Å²) in [5.74, 6) is -2.25. The Bertz CT molecular complexity index is 384. The number of nitrogens with one attached hydrogen (secondary N) is 2. The Labute approximate surface area is 123 Å². The van der Waals surface area contributed by atoms with Crippen LogP contribution in [0, 0.1) is 0 Å². The molecule has 0 saturated carbocycles. The van der Waals surface area contributed by atoms with E-state index < -0.39 is 17.9 Å². The Morgan fingerprint density at radius 3 is 2.29 bits per heavy atom. The predicted molar refractivity (Wildman–Crippen MR) is 75.1 cm³/mol. The summed E-state index contributed by atoms with van der Waals surface area (Å²) in [6.45, 7) is 2.00. The highest BCUT2D eigenvalue weighted by atomic mass is 16.4. The third-order valence-corrected chi connectivity index (χ3v) is 2.77. The van der Waals surface area contributed by atoms with Crippen LogP contribution in [0.5, 0.6) is 0 Å². The van der Waals surface area contributed by atoms with Crippen LogP contribution in [0.2, 0.25) is 0 Å². The van der Waals surface area contributed by atoms with Gasteiger partial charge in [0.2, 0.25) is 17.7 Å². The smallest absolute Gasteiger partial charge is 0.326 e. The molecule has 8 heteroatoms. The number of carboxylic acid groups (broad SMARTS) is 1. The van der Waals surface area contributed by atoms with Crippen molar-refractivity contribution in [2.45, 2.75) is 51.5 Å². The first-order valence-corrected chi connectivity index (χ1v) is 6.88. The summed E-state index contributed by atoms with van der Waals surface area (Å²) in [5, 5.41) is 13.9. The summed E-state index contributed by atoms with van der Waals surface area (Å²) in [6.07, 6.45) is 2.23. The van der Waals surface area contributed by atoms with Crippen molar-refractivity contribution in [1.29, 1.82) is 0 Å². The topological polar surface area (TPSA) is 139 Å². The Balaban J connectivity index is 3.85. The van der Waals surface area contributed by atoms with Crippen LogP contribution < -0.4 is 16.4 Å². The summed E-state index contributed by atoms with van der Waals surface area (Å²) < 4.78 is 0. The molecule has 0 aromatic carbocycles. The standard InChI is InChI=1S/C13H23N3O5/c1-9(17)15-8-4-2-3-5-12(19)16-10(13(20)21)6-7-11(14)18/h10H,2-8H2,1H3,(H2,14,18)(H,15,17)(H,16,19)(H,20,21)/t10-/m0/s1. The molecule has 0 fully saturated rings. The Morgan fingerprint density at radius 1 is 1.10 bits per heavy atom. The fourth-order valence-corrected chi connectivity index (χ4v) is 1.66. The van der Waals surface area contributed by atoms with Crippen LogP contribution >= 0.6 is 0 Å². The van der Waals surface area contributed by atoms with Crippen molar-refractivity contribution < 1.29 is 24.3 Å². The van der Waals surface area contributed by atoms with E-state index in [4.69, 9.17) is 10.8 Å². The van der Waals surface area contributed by atoms with Crippen molar-refractivity contribution in [3.8, 4) is 0 Å². The number of hydrogen-bond donors (Lipinski definition) is 4. The number of aliphatic carboxylic acids is 1. The largest absolute Gasteiger partial charge is 0.480 e. The number of amides is 3. The van der Waals surface area contributed by atoms with Gasteiger partial charge >= 0.3 is 5.97 Å². The number of rotatable bonds is 11. The number of unbranched alkanes of at least 4 members (excludes halogenated alkanes) is 2. The van der Waals surface area contributed by atoms with E-state index in [9.17, 15) is 19.2 Å². The van der Waals surface area contributed by atoms with E-state index in [1.165, 1.54) is 6.92 Å². The first-order chi connectivity index (χ1) is 9.82. The first kappa shape index (κ1) is 18.9. The van der Waals surface area contributed by atoms with E-state index in [1.54, 1.807) is 0 Å². The molecule has 0 unspecified atom stereocenters. The summed E-state index contributed by atoms with van der Waals surface area (Å²) >= 11 is 0. The molecule has 0 aliphatic rings. The van der Waals surface area contributed by atoms with Gasteiger partial charge in [0.1, 0.15) is 6.04 Å². The van der Waals surface area contributed by atoms with E-state index >= 15 is 0 Å². The number of carbonyl (C=O) groups is 4. The molecule has 0 aliphatic heterocycles. The number of hydrogen-bond acceptors (Lipinski definition) is 4. The normalized spacial score (nSPS) is 11.5. The first-order valence-electron chi connectivity index (χ1n) is 6.88. The Kier molecular flexibility index (Phi) is 9.57. The molecule has 5 N–H and O–H groups in total. The zero-order valence-electron chi connectivity index (χ0n) is 12.2.